The first kappa shape index (κ1) is 19.0. The van der Waals surface area contributed by atoms with E-state index in [1.165, 1.54) is 32.1 Å². The lowest BCUT2D eigenvalue weighted by molar-refractivity contribution is 0.165. The molecule has 0 aromatic rings. The summed E-state index contributed by atoms with van der Waals surface area (Å²) in [7, 11) is -2.89. The molecule has 1 N–H and O–H groups in total. The van der Waals surface area contributed by atoms with Gasteiger partial charge in [0.15, 0.2) is 9.84 Å². The number of hydrogen-bond donors (Lipinski definition) is 1. The molecule has 3 unspecified atom stereocenters. The van der Waals surface area contributed by atoms with Crippen LogP contribution in [-0.4, -0.2) is 32.5 Å². The lowest BCUT2D eigenvalue weighted by Crippen LogP contribution is -2.34. The van der Waals surface area contributed by atoms with E-state index in [-0.39, 0.29) is 5.25 Å². The van der Waals surface area contributed by atoms with Gasteiger partial charge in [-0.3, -0.25) is 0 Å². The van der Waals surface area contributed by atoms with Crippen molar-refractivity contribution in [3.63, 3.8) is 0 Å². The molecule has 0 amide bonds. The monoisotopic (exact) mass is 317 g/mol. The minimum absolute atomic E-state index is 0.236. The largest absolute Gasteiger partial charge is 0.317 e. The van der Waals surface area contributed by atoms with Crippen LogP contribution in [-0.2, 0) is 9.84 Å². The third kappa shape index (κ3) is 6.27. The van der Waals surface area contributed by atoms with E-state index < -0.39 is 9.84 Å². The zero-order valence-corrected chi connectivity index (χ0v) is 15.2. The van der Waals surface area contributed by atoms with Gasteiger partial charge in [0.1, 0.15) is 0 Å². The predicted molar refractivity (Wildman–Crippen MR) is 91.3 cm³/mol. The highest BCUT2D eigenvalue weighted by atomic mass is 32.2. The van der Waals surface area contributed by atoms with E-state index in [1.54, 1.807) is 13.8 Å². The van der Waals surface area contributed by atoms with Crippen LogP contribution in [0.25, 0.3) is 0 Å². The van der Waals surface area contributed by atoms with Gasteiger partial charge in [-0.2, -0.15) is 0 Å². The highest BCUT2D eigenvalue weighted by molar-refractivity contribution is 7.91. The molecule has 0 bridgehead atoms. The van der Waals surface area contributed by atoms with E-state index in [2.05, 4.69) is 19.2 Å². The third-order valence-corrected chi connectivity index (χ3v) is 7.33. The molecule has 1 fully saturated rings. The topological polar surface area (TPSA) is 46.2 Å². The number of hydrogen-bond acceptors (Lipinski definition) is 3. The van der Waals surface area contributed by atoms with Gasteiger partial charge in [0.25, 0.3) is 0 Å². The highest BCUT2D eigenvalue weighted by Gasteiger charge is 2.31. The van der Waals surface area contributed by atoms with Crippen LogP contribution >= 0.6 is 0 Å². The lowest BCUT2D eigenvalue weighted by Gasteiger charge is -2.36. The maximum Gasteiger partial charge on any atom is 0.152 e. The first-order valence-corrected chi connectivity index (χ1v) is 10.5. The Hall–Kier alpha value is -0.0900. The normalized spacial score (nSPS) is 27.2. The van der Waals surface area contributed by atoms with Crippen molar-refractivity contribution in [1.29, 1.82) is 0 Å². The van der Waals surface area contributed by atoms with Crippen molar-refractivity contribution in [1.82, 2.24) is 5.32 Å². The molecule has 0 radical (unpaired) electrons. The molecule has 0 spiro atoms. The number of sulfone groups is 1. The van der Waals surface area contributed by atoms with Gasteiger partial charge in [0.2, 0.25) is 0 Å². The molecule has 1 saturated carbocycles. The molecular formula is C17H35NO2S. The van der Waals surface area contributed by atoms with Gasteiger partial charge in [-0.15, -0.1) is 0 Å². The summed E-state index contributed by atoms with van der Waals surface area (Å²) in [4.78, 5) is 0. The molecule has 1 aliphatic rings. The molecule has 0 saturated heterocycles. The Balaban J connectivity index is 2.60. The van der Waals surface area contributed by atoms with E-state index in [0.717, 1.165) is 25.4 Å². The number of nitrogens with one attached hydrogen (secondary N) is 1. The molecule has 3 atom stereocenters. The lowest BCUT2D eigenvalue weighted by atomic mass is 9.71. The fourth-order valence-corrected chi connectivity index (χ4v) is 4.70. The van der Waals surface area contributed by atoms with Crippen molar-refractivity contribution in [2.45, 2.75) is 71.5 Å². The molecule has 4 heteroatoms. The molecule has 0 heterocycles. The summed E-state index contributed by atoms with van der Waals surface area (Å²) in [5.74, 6) is 2.44. The van der Waals surface area contributed by atoms with E-state index in [0.29, 0.717) is 17.6 Å². The Morgan fingerprint density at radius 3 is 2.38 bits per heavy atom. The fraction of sp³-hybridized carbons (Fsp3) is 1.00. The first-order chi connectivity index (χ1) is 9.90. The summed E-state index contributed by atoms with van der Waals surface area (Å²) < 4.78 is 24.2. The second-order valence-corrected chi connectivity index (χ2v) is 9.68. The summed E-state index contributed by atoms with van der Waals surface area (Å²) in [5.41, 5.74) is 0. The van der Waals surface area contributed by atoms with Gasteiger partial charge >= 0.3 is 0 Å². The Kier molecular flexibility index (Phi) is 8.25. The highest BCUT2D eigenvalue weighted by Crippen LogP contribution is 2.38. The predicted octanol–water partition coefficient (Wildman–Crippen LogP) is 3.64. The average molecular weight is 318 g/mol. The smallest absolute Gasteiger partial charge is 0.152 e. The molecule has 1 rings (SSSR count). The van der Waals surface area contributed by atoms with Crippen LogP contribution in [0.1, 0.15) is 66.2 Å². The van der Waals surface area contributed by atoms with Gasteiger partial charge in [-0.25, -0.2) is 8.42 Å². The Morgan fingerprint density at radius 2 is 1.81 bits per heavy atom. The molecule has 3 nitrogen and oxygen atoms in total. The van der Waals surface area contributed by atoms with Gasteiger partial charge in [0, 0.05) is 0 Å². The van der Waals surface area contributed by atoms with Gasteiger partial charge in [0.05, 0.1) is 11.0 Å². The van der Waals surface area contributed by atoms with Gasteiger partial charge < -0.3 is 5.32 Å². The molecule has 21 heavy (non-hydrogen) atoms. The van der Waals surface area contributed by atoms with Crippen LogP contribution < -0.4 is 5.32 Å². The van der Waals surface area contributed by atoms with Gasteiger partial charge in [-0.1, -0.05) is 33.1 Å². The van der Waals surface area contributed by atoms with Crippen LogP contribution in [0.4, 0.5) is 0 Å². The van der Waals surface area contributed by atoms with Crippen LogP contribution in [0, 0.1) is 17.8 Å². The number of rotatable bonds is 9. The molecule has 0 aromatic heterocycles. The maximum atomic E-state index is 12.1. The van der Waals surface area contributed by atoms with Crippen molar-refractivity contribution in [2.75, 3.05) is 18.8 Å². The minimum atomic E-state index is -2.89. The SMILES string of the molecule is CCCC1CCC(CNCC)C(CCS(=O)(=O)C(C)C)C1. The first-order valence-electron chi connectivity index (χ1n) is 8.82. The van der Waals surface area contributed by atoms with Crippen LogP contribution in [0.15, 0.2) is 0 Å². The zero-order chi connectivity index (χ0) is 15.9. The fourth-order valence-electron chi connectivity index (χ4n) is 3.60. The van der Waals surface area contributed by atoms with Crippen LogP contribution in [0.3, 0.4) is 0 Å². The molecule has 0 aliphatic heterocycles. The van der Waals surface area contributed by atoms with Crippen molar-refractivity contribution < 1.29 is 8.42 Å². The molecular weight excluding hydrogens is 282 g/mol. The maximum absolute atomic E-state index is 12.1. The summed E-state index contributed by atoms with van der Waals surface area (Å²) >= 11 is 0. The van der Waals surface area contributed by atoms with E-state index in [9.17, 15) is 8.42 Å². The van der Waals surface area contributed by atoms with Crippen molar-refractivity contribution in [2.24, 2.45) is 17.8 Å². The molecule has 1 aliphatic carbocycles. The Bertz CT molecular complexity index is 378. The van der Waals surface area contributed by atoms with Crippen LogP contribution in [0.2, 0.25) is 0 Å². The Labute approximate surface area is 132 Å². The van der Waals surface area contributed by atoms with Crippen molar-refractivity contribution in [3.05, 3.63) is 0 Å². The quantitative estimate of drug-likeness (QED) is 0.706. The second-order valence-electron chi connectivity index (χ2n) is 7.00. The van der Waals surface area contributed by atoms with E-state index >= 15 is 0 Å². The Morgan fingerprint density at radius 1 is 1.10 bits per heavy atom. The summed E-state index contributed by atoms with van der Waals surface area (Å²) in [5, 5.41) is 3.23. The third-order valence-electron chi connectivity index (χ3n) is 5.09. The summed E-state index contributed by atoms with van der Waals surface area (Å²) in [6.45, 7) is 10.1. The average Bonchev–Trinajstić information content (AvgIpc) is 2.44. The van der Waals surface area contributed by atoms with E-state index in [1.807, 2.05) is 0 Å². The minimum Gasteiger partial charge on any atom is -0.317 e. The zero-order valence-electron chi connectivity index (χ0n) is 14.4. The second kappa shape index (κ2) is 9.14. The van der Waals surface area contributed by atoms with Crippen molar-refractivity contribution >= 4 is 9.84 Å². The van der Waals surface area contributed by atoms with Gasteiger partial charge in [-0.05, 0) is 64.0 Å². The van der Waals surface area contributed by atoms with Crippen molar-refractivity contribution in [3.8, 4) is 0 Å². The summed E-state index contributed by atoms with van der Waals surface area (Å²) in [6, 6.07) is 0. The standard InChI is InChI=1S/C17H35NO2S/c1-5-7-15-8-9-17(13-18-6-2)16(12-15)10-11-21(19,20)14(3)4/h14-18H,5-13H2,1-4H3. The van der Waals surface area contributed by atoms with E-state index in [4.69, 9.17) is 0 Å². The molecule has 0 aromatic carbocycles. The summed E-state index contributed by atoms with van der Waals surface area (Å²) in [6.07, 6.45) is 7.25. The molecule has 126 valence electrons. The van der Waals surface area contributed by atoms with Crippen LogP contribution in [0.5, 0.6) is 0 Å².